The monoisotopic (exact) mass is 230 g/mol. The van der Waals surface area contributed by atoms with Gasteiger partial charge < -0.3 is 0 Å². The Morgan fingerprint density at radius 2 is 1.62 bits per heavy atom. The first kappa shape index (κ1) is 13.1. The molecule has 1 aromatic carbocycles. The van der Waals surface area contributed by atoms with Crippen molar-refractivity contribution >= 4 is 0 Å². The van der Waals surface area contributed by atoms with Gasteiger partial charge in [-0.15, -0.1) is 0 Å². The van der Waals surface area contributed by atoms with Gasteiger partial charge in [-0.05, 0) is 37.5 Å². The van der Waals surface area contributed by atoms with Crippen LogP contribution in [-0.2, 0) is 18.0 Å². The Balaban J connectivity index is 3.34. The van der Waals surface area contributed by atoms with Crippen molar-refractivity contribution in [1.29, 1.82) is 0 Å². The average Bonchev–Trinajstić information content (AvgIpc) is 2.14. The fourth-order valence-electron chi connectivity index (χ4n) is 1.71. The van der Waals surface area contributed by atoms with E-state index in [1.807, 2.05) is 6.92 Å². The van der Waals surface area contributed by atoms with Gasteiger partial charge in [-0.1, -0.05) is 19.1 Å². The summed E-state index contributed by atoms with van der Waals surface area (Å²) in [5.41, 5.74) is -0.591. The van der Waals surface area contributed by atoms with Crippen molar-refractivity contribution in [1.82, 2.24) is 0 Å². The predicted molar refractivity (Wildman–Crippen MR) is 59.5 cm³/mol. The molecule has 3 heteroatoms. The highest BCUT2D eigenvalue weighted by Crippen LogP contribution is 2.34. The number of aryl methyl sites for hydroxylation is 1. The highest BCUT2D eigenvalue weighted by atomic mass is 19.3. The molecule has 0 amide bonds. The summed E-state index contributed by atoms with van der Waals surface area (Å²) in [5, 5.41) is 0. The van der Waals surface area contributed by atoms with E-state index in [4.69, 9.17) is 0 Å². The third-order valence-corrected chi connectivity index (χ3v) is 2.64. The van der Waals surface area contributed by atoms with Gasteiger partial charge >= 0.3 is 0 Å². The topological polar surface area (TPSA) is 0 Å². The van der Waals surface area contributed by atoms with Gasteiger partial charge in [-0.2, -0.15) is 0 Å². The molecule has 0 unspecified atom stereocenters. The molecular formula is C13H17F3. The van der Waals surface area contributed by atoms with E-state index >= 15 is 0 Å². The zero-order valence-corrected chi connectivity index (χ0v) is 10.1. The largest absolute Gasteiger partial charge is 0.270 e. The lowest BCUT2D eigenvalue weighted by atomic mass is 9.90. The summed E-state index contributed by atoms with van der Waals surface area (Å²) < 4.78 is 40.2. The van der Waals surface area contributed by atoms with Gasteiger partial charge in [-0.3, -0.25) is 0 Å². The van der Waals surface area contributed by atoms with E-state index in [1.165, 1.54) is 26.0 Å². The van der Waals surface area contributed by atoms with Crippen molar-refractivity contribution in [2.24, 2.45) is 0 Å². The molecular weight excluding hydrogens is 213 g/mol. The van der Waals surface area contributed by atoms with Crippen LogP contribution in [0.2, 0.25) is 0 Å². The minimum atomic E-state index is -2.92. The van der Waals surface area contributed by atoms with E-state index < -0.39 is 11.6 Å². The van der Waals surface area contributed by atoms with Gasteiger partial charge in [0.15, 0.2) is 0 Å². The molecule has 0 aliphatic carbocycles. The SMILES string of the molecule is CCc1ccc(C(C)(F)F)cc1C(C)(C)F. The van der Waals surface area contributed by atoms with Crippen LogP contribution in [0, 0.1) is 0 Å². The molecule has 0 heterocycles. The van der Waals surface area contributed by atoms with Gasteiger partial charge in [0.1, 0.15) is 5.67 Å². The maximum Gasteiger partial charge on any atom is 0.270 e. The van der Waals surface area contributed by atoms with Gasteiger partial charge in [0.2, 0.25) is 0 Å². The second-order valence-electron chi connectivity index (χ2n) is 4.59. The van der Waals surface area contributed by atoms with Gasteiger partial charge in [0, 0.05) is 12.5 Å². The van der Waals surface area contributed by atoms with Crippen LogP contribution in [0.4, 0.5) is 13.2 Å². The summed E-state index contributed by atoms with van der Waals surface area (Å²) in [5.74, 6) is -2.92. The number of hydrogen-bond donors (Lipinski definition) is 0. The van der Waals surface area contributed by atoms with E-state index in [0.29, 0.717) is 12.0 Å². The van der Waals surface area contributed by atoms with Crippen molar-refractivity contribution in [3.63, 3.8) is 0 Å². The first-order valence-electron chi connectivity index (χ1n) is 5.37. The molecule has 0 radical (unpaired) electrons. The lowest BCUT2D eigenvalue weighted by Gasteiger charge is -2.21. The highest BCUT2D eigenvalue weighted by molar-refractivity contribution is 5.37. The minimum Gasteiger partial charge on any atom is -0.239 e. The maximum atomic E-state index is 13.9. The van der Waals surface area contributed by atoms with Gasteiger partial charge in [0.25, 0.3) is 5.92 Å². The second-order valence-corrected chi connectivity index (χ2v) is 4.59. The Bertz CT molecular complexity index is 370. The first-order chi connectivity index (χ1) is 7.16. The first-order valence-corrected chi connectivity index (χ1v) is 5.37. The molecule has 1 aromatic rings. The van der Waals surface area contributed by atoms with Crippen molar-refractivity contribution in [3.8, 4) is 0 Å². The molecule has 16 heavy (non-hydrogen) atoms. The standard InChI is InChI=1S/C13H17F3/c1-5-9-6-7-10(13(4,15)16)8-11(9)12(2,3)14/h6-8H,5H2,1-4H3. The summed E-state index contributed by atoms with van der Waals surface area (Å²) in [6, 6.07) is 4.23. The molecule has 0 atom stereocenters. The minimum absolute atomic E-state index is 0.134. The number of rotatable bonds is 3. The molecule has 0 saturated carbocycles. The predicted octanol–water partition coefficient (Wildman–Crippen LogP) is 4.57. The fourth-order valence-corrected chi connectivity index (χ4v) is 1.71. The lowest BCUT2D eigenvalue weighted by molar-refractivity contribution is 0.0172. The number of alkyl halides is 3. The third-order valence-electron chi connectivity index (χ3n) is 2.64. The molecule has 0 bridgehead atoms. The Labute approximate surface area is 94.5 Å². The van der Waals surface area contributed by atoms with E-state index in [2.05, 4.69) is 0 Å². The van der Waals surface area contributed by atoms with Crippen LogP contribution < -0.4 is 0 Å². The third kappa shape index (κ3) is 2.77. The average molecular weight is 230 g/mol. The Morgan fingerprint density at radius 1 is 1.06 bits per heavy atom. The quantitative estimate of drug-likeness (QED) is 0.713. The normalized spacial score (nSPS) is 12.9. The molecule has 90 valence electrons. The number of benzene rings is 1. The van der Waals surface area contributed by atoms with E-state index in [9.17, 15) is 13.2 Å². The van der Waals surface area contributed by atoms with Crippen LogP contribution in [0.5, 0.6) is 0 Å². The summed E-state index contributed by atoms with van der Waals surface area (Å²) in [4.78, 5) is 0. The van der Waals surface area contributed by atoms with E-state index in [0.717, 1.165) is 12.5 Å². The highest BCUT2D eigenvalue weighted by Gasteiger charge is 2.28. The Hall–Kier alpha value is -0.990. The van der Waals surface area contributed by atoms with Crippen LogP contribution in [0.3, 0.4) is 0 Å². The maximum absolute atomic E-state index is 13.9. The summed E-state index contributed by atoms with van der Waals surface area (Å²) >= 11 is 0. The summed E-state index contributed by atoms with van der Waals surface area (Å²) in [6.07, 6.45) is 0.637. The van der Waals surface area contributed by atoms with Crippen LogP contribution in [-0.4, -0.2) is 0 Å². The van der Waals surface area contributed by atoms with Crippen LogP contribution in [0.25, 0.3) is 0 Å². The molecule has 0 aliphatic heterocycles. The smallest absolute Gasteiger partial charge is 0.239 e. The molecule has 0 N–H and O–H groups in total. The van der Waals surface area contributed by atoms with Crippen LogP contribution in [0.15, 0.2) is 18.2 Å². The van der Waals surface area contributed by atoms with E-state index in [-0.39, 0.29) is 5.56 Å². The molecule has 0 spiro atoms. The lowest BCUT2D eigenvalue weighted by Crippen LogP contribution is -2.15. The molecule has 0 aromatic heterocycles. The van der Waals surface area contributed by atoms with Gasteiger partial charge in [0.05, 0.1) is 0 Å². The summed E-state index contributed by atoms with van der Waals surface area (Å²) in [6.45, 7) is 5.48. The van der Waals surface area contributed by atoms with Crippen molar-refractivity contribution < 1.29 is 13.2 Å². The molecule has 1 rings (SSSR count). The molecule has 0 aliphatic rings. The molecule has 0 fully saturated rings. The van der Waals surface area contributed by atoms with Crippen molar-refractivity contribution in [3.05, 3.63) is 34.9 Å². The van der Waals surface area contributed by atoms with Crippen molar-refractivity contribution in [2.45, 2.75) is 45.7 Å². The zero-order valence-electron chi connectivity index (χ0n) is 10.1. The zero-order chi connectivity index (χ0) is 12.6. The Morgan fingerprint density at radius 3 is 2.00 bits per heavy atom. The van der Waals surface area contributed by atoms with Crippen molar-refractivity contribution in [2.75, 3.05) is 0 Å². The fraction of sp³-hybridized carbons (Fsp3) is 0.538. The number of hydrogen-bond acceptors (Lipinski definition) is 0. The van der Waals surface area contributed by atoms with Crippen LogP contribution in [0.1, 0.15) is 44.4 Å². The number of halogens is 3. The van der Waals surface area contributed by atoms with Gasteiger partial charge in [-0.25, -0.2) is 13.2 Å². The van der Waals surface area contributed by atoms with E-state index in [1.54, 1.807) is 6.07 Å². The molecule has 0 nitrogen and oxygen atoms in total. The summed E-state index contributed by atoms with van der Waals surface area (Å²) in [7, 11) is 0. The van der Waals surface area contributed by atoms with Crippen LogP contribution >= 0.6 is 0 Å². The Kier molecular flexibility index (Phi) is 3.36. The molecule has 0 saturated heterocycles. The second kappa shape index (κ2) is 4.11.